The second kappa shape index (κ2) is 3.52. The highest BCUT2D eigenvalue weighted by molar-refractivity contribution is 5.47. The molecule has 1 aromatic heterocycles. The molecule has 0 unspecified atom stereocenters. The molecule has 3 nitrogen and oxygen atoms in total. The highest BCUT2D eigenvalue weighted by Gasteiger charge is 2.33. The zero-order valence-corrected chi connectivity index (χ0v) is 7.03. The van der Waals surface area contributed by atoms with Crippen molar-refractivity contribution in [3.05, 3.63) is 27.7 Å². The number of aromatic nitrogens is 1. The van der Waals surface area contributed by atoms with Crippen LogP contribution in [-0.2, 0) is 6.18 Å². The molecule has 1 heterocycles. The van der Waals surface area contributed by atoms with Gasteiger partial charge in [0.05, 0.1) is 0 Å². The van der Waals surface area contributed by atoms with Gasteiger partial charge in [-0.1, -0.05) is 0 Å². The lowest BCUT2D eigenvalue weighted by Crippen LogP contribution is -2.21. The Bertz CT molecular complexity index is 422. The second-order valence-corrected chi connectivity index (χ2v) is 2.68. The number of alkyl halides is 5. The molecule has 8 heteroatoms. The number of anilines is 1. The standard InChI is InChI=1S/C7H5F5N2O/c8-5(9)4-2(13)1-3(7(10,11)12)14-6(4)15/h1,5H,(H3,13,14,15). The summed E-state index contributed by atoms with van der Waals surface area (Å²) in [5, 5.41) is 0. The first-order valence-corrected chi connectivity index (χ1v) is 3.61. The monoisotopic (exact) mass is 228 g/mol. The molecule has 0 aliphatic heterocycles. The highest BCUT2D eigenvalue weighted by Crippen LogP contribution is 2.30. The molecule has 0 aliphatic carbocycles. The van der Waals surface area contributed by atoms with E-state index in [1.54, 1.807) is 0 Å². The third kappa shape index (κ3) is 2.25. The molecular weight excluding hydrogens is 223 g/mol. The van der Waals surface area contributed by atoms with Crippen LogP contribution in [0.4, 0.5) is 27.6 Å². The number of nitrogen functional groups attached to an aromatic ring is 1. The van der Waals surface area contributed by atoms with Gasteiger partial charge in [-0.25, -0.2) is 8.78 Å². The van der Waals surface area contributed by atoms with Gasteiger partial charge in [0.1, 0.15) is 11.3 Å². The molecule has 0 saturated heterocycles. The molecule has 0 aliphatic rings. The van der Waals surface area contributed by atoms with Gasteiger partial charge in [0, 0.05) is 5.69 Å². The summed E-state index contributed by atoms with van der Waals surface area (Å²) in [6, 6.07) is 0.267. The topological polar surface area (TPSA) is 58.9 Å². The number of H-pyrrole nitrogens is 1. The number of hydrogen-bond acceptors (Lipinski definition) is 2. The van der Waals surface area contributed by atoms with Crippen molar-refractivity contribution in [3.8, 4) is 0 Å². The lowest BCUT2D eigenvalue weighted by molar-refractivity contribution is -0.141. The Morgan fingerprint density at radius 1 is 1.33 bits per heavy atom. The van der Waals surface area contributed by atoms with Crippen LogP contribution in [0.15, 0.2) is 10.9 Å². The van der Waals surface area contributed by atoms with Gasteiger partial charge in [-0.2, -0.15) is 13.2 Å². The molecule has 0 bridgehead atoms. The van der Waals surface area contributed by atoms with Crippen molar-refractivity contribution in [1.29, 1.82) is 0 Å². The van der Waals surface area contributed by atoms with Crippen molar-refractivity contribution < 1.29 is 22.0 Å². The maximum Gasteiger partial charge on any atom is 0.431 e. The minimum absolute atomic E-state index is 0.267. The van der Waals surface area contributed by atoms with E-state index >= 15 is 0 Å². The number of pyridine rings is 1. The quantitative estimate of drug-likeness (QED) is 0.721. The van der Waals surface area contributed by atoms with Gasteiger partial charge >= 0.3 is 6.18 Å². The molecule has 0 spiro atoms. The fourth-order valence-electron chi connectivity index (χ4n) is 0.968. The molecule has 84 valence electrons. The summed E-state index contributed by atoms with van der Waals surface area (Å²) in [5.74, 6) is 0. The SMILES string of the molecule is Nc1cc(C(F)(F)F)[nH]c(=O)c1C(F)F. The van der Waals surface area contributed by atoms with Gasteiger partial charge in [-0.3, -0.25) is 4.79 Å². The first-order chi connectivity index (χ1) is 6.73. The third-order valence-corrected chi connectivity index (χ3v) is 1.63. The normalized spacial score (nSPS) is 12.1. The van der Waals surface area contributed by atoms with Crippen molar-refractivity contribution in [2.45, 2.75) is 12.6 Å². The minimum Gasteiger partial charge on any atom is -0.398 e. The van der Waals surface area contributed by atoms with E-state index in [0.29, 0.717) is 0 Å². The predicted octanol–water partition coefficient (Wildman–Crippen LogP) is 1.91. The number of nitrogens with one attached hydrogen (secondary N) is 1. The van der Waals surface area contributed by atoms with Crippen molar-refractivity contribution in [2.24, 2.45) is 0 Å². The Morgan fingerprint density at radius 2 is 1.87 bits per heavy atom. The number of aromatic amines is 1. The van der Waals surface area contributed by atoms with Gasteiger partial charge < -0.3 is 10.7 Å². The molecule has 3 N–H and O–H groups in total. The Balaban J connectivity index is 3.39. The van der Waals surface area contributed by atoms with Crippen LogP contribution in [0.5, 0.6) is 0 Å². The maximum atomic E-state index is 12.1. The fourth-order valence-corrected chi connectivity index (χ4v) is 0.968. The molecule has 0 atom stereocenters. The Kier molecular flexibility index (Phi) is 2.69. The molecular formula is C7H5F5N2O. The number of halogens is 5. The molecule has 0 amide bonds. The first-order valence-electron chi connectivity index (χ1n) is 3.61. The van der Waals surface area contributed by atoms with Crippen molar-refractivity contribution in [1.82, 2.24) is 4.98 Å². The van der Waals surface area contributed by atoms with Gasteiger partial charge in [0.2, 0.25) is 0 Å². The lowest BCUT2D eigenvalue weighted by atomic mass is 10.2. The lowest BCUT2D eigenvalue weighted by Gasteiger charge is -2.09. The van der Waals surface area contributed by atoms with E-state index in [4.69, 9.17) is 5.73 Å². The Morgan fingerprint density at radius 3 is 2.20 bits per heavy atom. The molecule has 0 radical (unpaired) electrons. The smallest absolute Gasteiger partial charge is 0.398 e. The molecule has 0 saturated carbocycles. The van der Waals surface area contributed by atoms with Crippen LogP contribution in [0, 0.1) is 0 Å². The number of nitrogens with two attached hydrogens (primary N) is 1. The van der Waals surface area contributed by atoms with Gasteiger partial charge in [-0.05, 0) is 6.07 Å². The molecule has 1 rings (SSSR count). The fraction of sp³-hybridized carbons (Fsp3) is 0.286. The summed E-state index contributed by atoms with van der Waals surface area (Å²) in [4.78, 5) is 12.1. The van der Waals surface area contributed by atoms with Crippen LogP contribution < -0.4 is 11.3 Å². The van der Waals surface area contributed by atoms with Crippen LogP contribution in [0.3, 0.4) is 0 Å². The zero-order valence-electron chi connectivity index (χ0n) is 7.03. The van der Waals surface area contributed by atoms with E-state index in [1.807, 2.05) is 0 Å². The van der Waals surface area contributed by atoms with Crippen LogP contribution in [0.25, 0.3) is 0 Å². The van der Waals surface area contributed by atoms with Crippen LogP contribution in [0.2, 0.25) is 0 Å². The third-order valence-electron chi connectivity index (χ3n) is 1.63. The summed E-state index contributed by atoms with van der Waals surface area (Å²) >= 11 is 0. The predicted molar refractivity (Wildman–Crippen MR) is 41.4 cm³/mol. The molecule has 1 aromatic rings. The van der Waals surface area contributed by atoms with Crippen molar-refractivity contribution in [3.63, 3.8) is 0 Å². The van der Waals surface area contributed by atoms with E-state index in [9.17, 15) is 26.7 Å². The largest absolute Gasteiger partial charge is 0.431 e. The van der Waals surface area contributed by atoms with E-state index in [0.717, 1.165) is 0 Å². The first kappa shape index (κ1) is 11.5. The van der Waals surface area contributed by atoms with Crippen LogP contribution >= 0.6 is 0 Å². The summed E-state index contributed by atoms with van der Waals surface area (Å²) in [6.45, 7) is 0. The summed E-state index contributed by atoms with van der Waals surface area (Å²) < 4.78 is 60.5. The van der Waals surface area contributed by atoms with Crippen molar-refractivity contribution in [2.75, 3.05) is 5.73 Å². The van der Waals surface area contributed by atoms with Crippen LogP contribution in [0.1, 0.15) is 17.7 Å². The average Bonchev–Trinajstić information content (AvgIpc) is 1.99. The summed E-state index contributed by atoms with van der Waals surface area (Å²) in [7, 11) is 0. The highest BCUT2D eigenvalue weighted by atomic mass is 19.4. The van der Waals surface area contributed by atoms with Gasteiger partial charge in [-0.15, -0.1) is 0 Å². The number of rotatable bonds is 1. The number of hydrogen-bond donors (Lipinski definition) is 2. The Hall–Kier alpha value is -1.60. The minimum atomic E-state index is -4.83. The maximum absolute atomic E-state index is 12.1. The van der Waals surface area contributed by atoms with E-state index < -0.39 is 35.1 Å². The van der Waals surface area contributed by atoms with Gasteiger partial charge in [0.25, 0.3) is 12.0 Å². The van der Waals surface area contributed by atoms with E-state index in [-0.39, 0.29) is 6.07 Å². The van der Waals surface area contributed by atoms with Gasteiger partial charge in [0.15, 0.2) is 0 Å². The Labute approximate surface area is 79.7 Å². The van der Waals surface area contributed by atoms with E-state index in [1.165, 1.54) is 4.98 Å². The van der Waals surface area contributed by atoms with Crippen molar-refractivity contribution >= 4 is 5.69 Å². The van der Waals surface area contributed by atoms with Crippen LogP contribution in [-0.4, -0.2) is 4.98 Å². The summed E-state index contributed by atoms with van der Waals surface area (Å²) in [6.07, 6.45) is -8.04. The zero-order chi connectivity index (χ0) is 11.8. The van der Waals surface area contributed by atoms with E-state index in [2.05, 4.69) is 0 Å². The second-order valence-electron chi connectivity index (χ2n) is 2.68. The summed E-state index contributed by atoms with van der Waals surface area (Å²) in [5.41, 5.74) is -0.0841. The molecule has 0 fully saturated rings. The molecule has 0 aromatic carbocycles. The molecule has 15 heavy (non-hydrogen) atoms. The average molecular weight is 228 g/mol.